The first-order valence-corrected chi connectivity index (χ1v) is 3.74. The molecule has 0 unspecified atom stereocenters. The molecule has 0 aliphatic heterocycles. The van der Waals surface area contributed by atoms with E-state index in [0.717, 1.165) is 21.0 Å². The van der Waals surface area contributed by atoms with Gasteiger partial charge >= 0.3 is 0 Å². The van der Waals surface area contributed by atoms with Crippen LogP contribution in [0.5, 0.6) is 0 Å². The zero-order valence-corrected chi connectivity index (χ0v) is 9.39. The van der Waals surface area contributed by atoms with Gasteiger partial charge in [0.25, 0.3) is 0 Å². The summed E-state index contributed by atoms with van der Waals surface area (Å²) in [4.78, 5) is 0. The third-order valence-electron chi connectivity index (χ3n) is 0.192. The van der Waals surface area contributed by atoms with Gasteiger partial charge in [-0.2, -0.15) is 0 Å². The quantitative estimate of drug-likeness (QED) is 0.364. The van der Waals surface area contributed by atoms with Gasteiger partial charge in [0.1, 0.15) is 21.0 Å². The molecule has 0 amide bonds. The lowest BCUT2D eigenvalue weighted by Crippen LogP contribution is -1.65. The van der Waals surface area contributed by atoms with Crippen LogP contribution in [-0.2, 0) is 8.85 Å². The minimum absolute atomic E-state index is 0.931. The Morgan fingerprint density at radius 1 is 1.12 bits per heavy atom. The van der Waals surface area contributed by atoms with E-state index >= 15 is 0 Å². The molecule has 0 aliphatic carbocycles. The molecule has 0 heterocycles. The highest BCUT2D eigenvalue weighted by molar-refractivity contribution is 6.15. The molecule has 0 radical (unpaired) electrons. The molecule has 0 aromatic rings. The average molecular weight is 148 g/mol. The number of hydrogen-bond donors (Lipinski definition) is 0. The Labute approximate surface area is 56.3 Å². The molecule has 48 valence electrons. The Balaban J connectivity index is 0. The van der Waals surface area contributed by atoms with Crippen molar-refractivity contribution >= 4 is 21.0 Å². The molecule has 0 aromatic heterocycles. The first kappa shape index (κ1) is 10.6. The molecule has 0 saturated carbocycles. The summed E-state index contributed by atoms with van der Waals surface area (Å²) < 4.78 is 8.89. The summed E-state index contributed by atoms with van der Waals surface area (Å²) >= 11 is 0. The molecule has 0 aromatic carbocycles. The van der Waals surface area contributed by atoms with Crippen molar-refractivity contribution < 1.29 is 8.85 Å². The zero-order valence-electron chi connectivity index (χ0n) is 5.39. The first-order valence-electron chi connectivity index (χ1n) is 2.10. The third kappa shape index (κ3) is 44.2. The van der Waals surface area contributed by atoms with Crippen molar-refractivity contribution in [2.24, 2.45) is 0 Å². The largest absolute Gasteiger partial charge is 0.474 e. The van der Waals surface area contributed by atoms with Gasteiger partial charge in [-0.05, 0) is 0 Å². The second kappa shape index (κ2) is 15.9. The predicted octanol–water partition coefficient (Wildman–Crippen LogP) is -1.15. The lowest BCUT2D eigenvalue weighted by atomic mass is 11.1. The fourth-order valence-corrected chi connectivity index (χ4v) is 0.0680. The van der Waals surface area contributed by atoms with Gasteiger partial charge < -0.3 is 8.85 Å². The SMILES string of the molecule is C=COC=C.[SiH3]O[SiH3]. The summed E-state index contributed by atoms with van der Waals surface area (Å²) in [5, 5.41) is 0. The molecule has 4 heteroatoms. The van der Waals surface area contributed by atoms with E-state index < -0.39 is 0 Å². The van der Waals surface area contributed by atoms with Crippen LogP contribution in [0.3, 0.4) is 0 Å². The molecule has 0 spiro atoms. The average Bonchev–Trinajstić information content (AvgIpc) is 1.71. The highest BCUT2D eigenvalue weighted by atomic mass is 28.3. The van der Waals surface area contributed by atoms with Crippen molar-refractivity contribution in [3.8, 4) is 0 Å². The summed E-state index contributed by atoms with van der Waals surface area (Å²) in [6.07, 6.45) is 2.62. The second-order valence-electron chi connectivity index (χ2n) is 0.878. The predicted molar refractivity (Wildman–Crippen MR) is 42.4 cm³/mol. The van der Waals surface area contributed by atoms with Gasteiger partial charge in [-0.3, -0.25) is 0 Å². The van der Waals surface area contributed by atoms with Crippen LogP contribution in [-0.4, -0.2) is 21.0 Å². The van der Waals surface area contributed by atoms with E-state index in [2.05, 4.69) is 22.0 Å². The summed E-state index contributed by atoms with van der Waals surface area (Å²) in [5.41, 5.74) is 0. The number of hydrogen-bond acceptors (Lipinski definition) is 2. The number of rotatable bonds is 2. The van der Waals surface area contributed by atoms with Crippen LogP contribution >= 0.6 is 0 Å². The number of ether oxygens (including phenoxy) is 1. The highest BCUT2D eigenvalue weighted by Crippen LogP contribution is 1.65. The fraction of sp³-hybridized carbons (Fsp3) is 0. The molecule has 0 N–H and O–H groups in total. The molecule has 8 heavy (non-hydrogen) atoms. The molecular weight excluding hydrogens is 136 g/mol. The van der Waals surface area contributed by atoms with Gasteiger partial charge in [0.15, 0.2) is 0 Å². The smallest absolute Gasteiger partial charge is 0.129 e. The third-order valence-corrected chi connectivity index (χ3v) is 0.192. The maximum absolute atomic E-state index is 4.53. The lowest BCUT2D eigenvalue weighted by molar-refractivity contribution is 0.406. The summed E-state index contributed by atoms with van der Waals surface area (Å²) in [5.74, 6) is 0. The summed E-state index contributed by atoms with van der Waals surface area (Å²) in [6.45, 7) is 6.51. The van der Waals surface area contributed by atoms with Gasteiger partial charge in [0.2, 0.25) is 0 Å². The lowest BCUT2D eigenvalue weighted by Gasteiger charge is -1.76. The van der Waals surface area contributed by atoms with Crippen molar-refractivity contribution in [2.75, 3.05) is 0 Å². The monoisotopic (exact) mass is 148 g/mol. The molecule has 0 saturated heterocycles. The van der Waals surface area contributed by atoms with Gasteiger partial charge in [0, 0.05) is 0 Å². The van der Waals surface area contributed by atoms with E-state index in [0.29, 0.717) is 0 Å². The van der Waals surface area contributed by atoms with Crippen molar-refractivity contribution in [3.63, 3.8) is 0 Å². The van der Waals surface area contributed by atoms with Gasteiger partial charge in [-0.15, -0.1) is 0 Å². The van der Waals surface area contributed by atoms with Crippen LogP contribution in [0, 0.1) is 0 Å². The van der Waals surface area contributed by atoms with Crippen LogP contribution in [0.2, 0.25) is 0 Å². The van der Waals surface area contributed by atoms with Crippen molar-refractivity contribution in [1.29, 1.82) is 0 Å². The molecule has 0 atom stereocenters. The van der Waals surface area contributed by atoms with Crippen LogP contribution in [0.15, 0.2) is 25.7 Å². The van der Waals surface area contributed by atoms with Gasteiger partial charge in [-0.25, -0.2) is 0 Å². The molecule has 0 fully saturated rings. The topological polar surface area (TPSA) is 18.5 Å². The van der Waals surface area contributed by atoms with Crippen LogP contribution < -0.4 is 0 Å². The summed E-state index contributed by atoms with van der Waals surface area (Å²) in [7, 11) is 1.86. The maximum atomic E-state index is 4.53. The van der Waals surface area contributed by atoms with Crippen LogP contribution in [0.1, 0.15) is 0 Å². The van der Waals surface area contributed by atoms with Crippen molar-refractivity contribution in [2.45, 2.75) is 0 Å². The Bertz CT molecular complexity index is 50.0. The second-order valence-corrected chi connectivity index (χ2v) is 4.14. The standard InChI is InChI=1S/C4H6O.H6OSi2/c1-3-5-4-2;2-1-3/h3-4H,1-2H2;2-3H3. The Kier molecular flexibility index (Phi) is 21.1. The van der Waals surface area contributed by atoms with Crippen LogP contribution in [0.4, 0.5) is 0 Å². The van der Waals surface area contributed by atoms with Crippen molar-refractivity contribution in [3.05, 3.63) is 25.7 Å². The Morgan fingerprint density at radius 3 is 1.38 bits per heavy atom. The molecular formula is C4H12O2Si2. The van der Waals surface area contributed by atoms with Crippen LogP contribution in [0.25, 0.3) is 0 Å². The molecule has 2 nitrogen and oxygen atoms in total. The van der Waals surface area contributed by atoms with E-state index in [1.807, 2.05) is 0 Å². The first-order chi connectivity index (χ1) is 3.83. The van der Waals surface area contributed by atoms with E-state index in [4.69, 9.17) is 0 Å². The Hall–Kier alpha value is -0.326. The molecule has 0 aliphatic rings. The minimum Gasteiger partial charge on any atom is -0.474 e. The van der Waals surface area contributed by atoms with E-state index in [9.17, 15) is 0 Å². The van der Waals surface area contributed by atoms with Gasteiger partial charge in [-0.1, -0.05) is 13.2 Å². The van der Waals surface area contributed by atoms with Crippen molar-refractivity contribution in [1.82, 2.24) is 0 Å². The normalized spacial score (nSPS) is 6.50. The molecule has 0 bridgehead atoms. The molecule has 0 rings (SSSR count). The van der Waals surface area contributed by atoms with E-state index in [1.54, 1.807) is 0 Å². The van der Waals surface area contributed by atoms with Gasteiger partial charge in [0.05, 0.1) is 12.5 Å². The minimum atomic E-state index is 0.931. The summed E-state index contributed by atoms with van der Waals surface area (Å²) in [6, 6.07) is 0. The van der Waals surface area contributed by atoms with E-state index in [1.165, 1.54) is 12.5 Å². The fourth-order valence-electron chi connectivity index (χ4n) is 0.0680. The Morgan fingerprint density at radius 2 is 1.38 bits per heavy atom. The highest BCUT2D eigenvalue weighted by Gasteiger charge is 1.45. The van der Waals surface area contributed by atoms with E-state index in [-0.39, 0.29) is 0 Å². The zero-order chi connectivity index (χ0) is 6.83. The maximum Gasteiger partial charge on any atom is 0.129 e.